The second-order valence-corrected chi connectivity index (χ2v) is 3.71. The highest BCUT2D eigenvalue weighted by molar-refractivity contribution is 5.96. The first-order chi connectivity index (χ1) is 7.61. The zero-order valence-electron chi connectivity index (χ0n) is 9.24. The average Bonchev–Trinajstić information content (AvgIpc) is 2.55. The number of nitrogens with zero attached hydrogens (tertiary/aromatic N) is 1. The van der Waals surface area contributed by atoms with Crippen molar-refractivity contribution in [2.75, 3.05) is 0 Å². The third-order valence-electron chi connectivity index (χ3n) is 2.46. The minimum atomic E-state index is -0.170. The fraction of sp³-hybridized carbons (Fsp3) is 0.167. The molecule has 1 aromatic heterocycles. The van der Waals surface area contributed by atoms with Crippen molar-refractivity contribution >= 4 is 5.71 Å². The Bertz CT molecular complexity index is 578. The van der Waals surface area contributed by atoms with E-state index in [1.54, 1.807) is 13.8 Å². The van der Waals surface area contributed by atoms with Crippen LogP contribution < -0.4 is 5.56 Å². The third kappa shape index (κ3) is 1.58. The van der Waals surface area contributed by atoms with Gasteiger partial charge >= 0.3 is 0 Å². The molecule has 1 aromatic carbocycles. The number of hydrogen-bond acceptors (Lipinski definition) is 2. The summed E-state index contributed by atoms with van der Waals surface area (Å²) in [4.78, 5) is 12.0. The molecular formula is C12H13N3O. The van der Waals surface area contributed by atoms with Gasteiger partial charge in [-0.15, -0.1) is 0 Å². The zero-order chi connectivity index (χ0) is 11.7. The van der Waals surface area contributed by atoms with E-state index < -0.39 is 0 Å². The smallest absolute Gasteiger partial charge is 0.280 e. The molecule has 0 spiro atoms. The molecule has 0 fully saturated rings. The normalized spacial score (nSPS) is 10.4. The van der Waals surface area contributed by atoms with Crippen LogP contribution in [-0.4, -0.2) is 15.5 Å². The van der Waals surface area contributed by atoms with Crippen LogP contribution in [0.5, 0.6) is 0 Å². The Morgan fingerprint density at radius 2 is 1.94 bits per heavy atom. The van der Waals surface area contributed by atoms with Crippen molar-refractivity contribution in [3.05, 3.63) is 51.9 Å². The lowest BCUT2D eigenvalue weighted by Gasteiger charge is -1.99. The molecule has 0 saturated carbocycles. The topological polar surface area (TPSA) is 61.6 Å². The molecular weight excluding hydrogens is 202 g/mol. The molecule has 0 saturated heterocycles. The maximum atomic E-state index is 12.0. The van der Waals surface area contributed by atoms with Crippen LogP contribution in [0, 0.1) is 12.3 Å². The molecule has 0 aliphatic rings. The van der Waals surface area contributed by atoms with Gasteiger partial charge in [0.1, 0.15) is 0 Å². The lowest BCUT2D eigenvalue weighted by atomic mass is 10.2. The zero-order valence-corrected chi connectivity index (χ0v) is 9.24. The molecule has 0 aliphatic carbocycles. The Kier molecular flexibility index (Phi) is 2.48. The minimum Gasteiger partial charge on any atom is -0.305 e. The van der Waals surface area contributed by atoms with E-state index >= 15 is 0 Å². The van der Waals surface area contributed by atoms with Crippen molar-refractivity contribution in [3.8, 4) is 5.69 Å². The predicted molar refractivity (Wildman–Crippen MR) is 63.6 cm³/mol. The third-order valence-corrected chi connectivity index (χ3v) is 2.46. The number of hydrogen-bond donors (Lipinski definition) is 2. The second kappa shape index (κ2) is 3.81. The van der Waals surface area contributed by atoms with Crippen LogP contribution in [0.2, 0.25) is 0 Å². The Balaban J connectivity index is 2.66. The van der Waals surface area contributed by atoms with Gasteiger partial charge in [-0.25, -0.2) is 4.68 Å². The Morgan fingerprint density at radius 1 is 1.31 bits per heavy atom. The molecule has 0 amide bonds. The van der Waals surface area contributed by atoms with E-state index in [-0.39, 0.29) is 11.3 Å². The molecule has 0 radical (unpaired) electrons. The van der Waals surface area contributed by atoms with Crippen LogP contribution >= 0.6 is 0 Å². The van der Waals surface area contributed by atoms with Gasteiger partial charge in [0.2, 0.25) is 0 Å². The van der Waals surface area contributed by atoms with Crippen molar-refractivity contribution < 1.29 is 0 Å². The van der Waals surface area contributed by atoms with Crippen molar-refractivity contribution in [2.45, 2.75) is 13.8 Å². The predicted octanol–water partition coefficient (Wildman–Crippen LogP) is 1.86. The first-order valence-electron chi connectivity index (χ1n) is 5.04. The summed E-state index contributed by atoms with van der Waals surface area (Å²) in [6.45, 7) is 3.42. The first-order valence-corrected chi connectivity index (χ1v) is 5.04. The molecule has 82 valence electrons. The molecule has 2 rings (SSSR count). The van der Waals surface area contributed by atoms with Crippen molar-refractivity contribution in [2.24, 2.45) is 0 Å². The molecule has 0 aliphatic heterocycles. The van der Waals surface area contributed by atoms with Crippen LogP contribution in [0.3, 0.4) is 0 Å². The van der Waals surface area contributed by atoms with E-state index in [1.807, 2.05) is 30.3 Å². The van der Waals surface area contributed by atoms with Gasteiger partial charge in [0.05, 0.1) is 11.3 Å². The Morgan fingerprint density at radius 3 is 2.44 bits per heavy atom. The SMILES string of the molecule is CC(=N)c1c(C)[nH]n(-c2ccccc2)c1=O. The quantitative estimate of drug-likeness (QED) is 0.738. The maximum absolute atomic E-state index is 12.0. The number of rotatable bonds is 2. The van der Waals surface area contributed by atoms with Crippen LogP contribution in [0.25, 0.3) is 5.69 Å². The highest BCUT2D eigenvalue weighted by Gasteiger charge is 2.13. The first kappa shape index (κ1) is 10.4. The van der Waals surface area contributed by atoms with Gasteiger partial charge in [-0.2, -0.15) is 0 Å². The van der Waals surface area contributed by atoms with E-state index in [9.17, 15) is 4.79 Å². The monoisotopic (exact) mass is 215 g/mol. The number of aromatic nitrogens is 2. The molecule has 2 N–H and O–H groups in total. The Labute approximate surface area is 93.0 Å². The van der Waals surface area contributed by atoms with Crippen LogP contribution in [0.1, 0.15) is 18.2 Å². The van der Waals surface area contributed by atoms with Gasteiger partial charge in [-0.1, -0.05) is 18.2 Å². The lowest BCUT2D eigenvalue weighted by Crippen LogP contribution is -2.19. The molecule has 0 bridgehead atoms. The molecule has 4 nitrogen and oxygen atoms in total. The number of para-hydroxylation sites is 1. The standard InChI is InChI=1S/C12H13N3O/c1-8(13)11-9(2)14-15(12(11)16)10-6-4-3-5-7-10/h3-7,13-14H,1-2H3. The van der Waals surface area contributed by atoms with Crippen molar-refractivity contribution in [1.82, 2.24) is 9.78 Å². The molecule has 1 heterocycles. The summed E-state index contributed by atoms with van der Waals surface area (Å²) in [7, 11) is 0. The minimum absolute atomic E-state index is 0.170. The summed E-state index contributed by atoms with van der Waals surface area (Å²) in [5.74, 6) is 0. The van der Waals surface area contributed by atoms with E-state index in [0.717, 1.165) is 11.4 Å². The molecule has 0 unspecified atom stereocenters. The fourth-order valence-electron chi connectivity index (χ4n) is 1.75. The largest absolute Gasteiger partial charge is 0.305 e. The molecule has 16 heavy (non-hydrogen) atoms. The molecule has 4 heteroatoms. The summed E-state index contributed by atoms with van der Waals surface area (Å²) in [5, 5.41) is 10.5. The number of aromatic amines is 1. The van der Waals surface area contributed by atoms with Crippen molar-refractivity contribution in [1.29, 1.82) is 5.41 Å². The fourth-order valence-corrected chi connectivity index (χ4v) is 1.75. The summed E-state index contributed by atoms with van der Waals surface area (Å²) in [6.07, 6.45) is 0. The van der Waals surface area contributed by atoms with Gasteiger partial charge < -0.3 is 5.41 Å². The molecule has 2 aromatic rings. The Hall–Kier alpha value is -2.10. The van der Waals surface area contributed by atoms with Crippen LogP contribution in [-0.2, 0) is 0 Å². The summed E-state index contributed by atoms with van der Waals surface area (Å²) < 4.78 is 1.46. The highest BCUT2D eigenvalue weighted by Crippen LogP contribution is 2.06. The number of aryl methyl sites for hydroxylation is 1. The maximum Gasteiger partial charge on any atom is 0.280 e. The van der Waals surface area contributed by atoms with Gasteiger partial charge in [0.25, 0.3) is 5.56 Å². The second-order valence-electron chi connectivity index (χ2n) is 3.71. The summed E-state index contributed by atoms with van der Waals surface area (Å²) in [5.41, 5.74) is 2.07. The van der Waals surface area contributed by atoms with E-state index in [0.29, 0.717) is 5.56 Å². The average molecular weight is 215 g/mol. The number of benzene rings is 1. The van der Waals surface area contributed by atoms with Crippen LogP contribution in [0.15, 0.2) is 35.1 Å². The van der Waals surface area contributed by atoms with Crippen LogP contribution in [0.4, 0.5) is 0 Å². The van der Waals surface area contributed by atoms with Gasteiger partial charge in [0, 0.05) is 11.4 Å². The molecule has 0 atom stereocenters. The summed E-state index contributed by atoms with van der Waals surface area (Å²) in [6, 6.07) is 9.33. The van der Waals surface area contributed by atoms with Gasteiger partial charge in [-0.05, 0) is 26.0 Å². The van der Waals surface area contributed by atoms with E-state index in [1.165, 1.54) is 4.68 Å². The van der Waals surface area contributed by atoms with Gasteiger partial charge in [0.15, 0.2) is 0 Å². The lowest BCUT2D eigenvalue weighted by molar-refractivity contribution is 0.835. The number of H-pyrrole nitrogens is 1. The summed E-state index contributed by atoms with van der Waals surface area (Å²) >= 11 is 0. The van der Waals surface area contributed by atoms with E-state index in [4.69, 9.17) is 5.41 Å². The highest BCUT2D eigenvalue weighted by atomic mass is 16.1. The van der Waals surface area contributed by atoms with Gasteiger partial charge in [-0.3, -0.25) is 9.89 Å². The van der Waals surface area contributed by atoms with Crippen molar-refractivity contribution in [3.63, 3.8) is 0 Å². The van der Waals surface area contributed by atoms with E-state index in [2.05, 4.69) is 5.10 Å². The number of nitrogens with one attached hydrogen (secondary N) is 2.